The van der Waals surface area contributed by atoms with Crippen LogP contribution >= 0.6 is 0 Å². The van der Waals surface area contributed by atoms with Crippen LogP contribution in [0.25, 0.3) is 0 Å². The number of carbonyl (C=O) groups is 2. The van der Waals surface area contributed by atoms with Gasteiger partial charge in [-0.25, -0.2) is 4.79 Å². The smallest absolute Gasteiger partial charge is 0.481 e. The first-order chi connectivity index (χ1) is 10.9. The Hall–Kier alpha value is -2.13. The Kier molecular flexibility index (Phi) is 8.42. The van der Waals surface area contributed by atoms with Crippen LogP contribution in [-0.2, 0) is 22.6 Å². The van der Waals surface area contributed by atoms with E-state index in [1.807, 2.05) is 6.20 Å². The summed E-state index contributed by atoms with van der Waals surface area (Å²) in [5.74, 6) is -3.50. The van der Waals surface area contributed by atoms with E-state index in [1.165, 1.54) is 0 Å². The van der Waals surface area contributed by atoms with E-state index in [0.717, 1.165) is 31.5 Å². The van der Waals surface area contributed by atoms with Crippen molar-refractivity contribution in [1.82, 2.24) is 15.0 Å². The molecular weight excluding hydrogens is 331 g/mol. The van der Waals surface area contributed by atoms with Crippen LogP contribution in [0.5, 0.6) is 0 Å². The fourth-order valence-electron chi connectivity index (χ4n) is 1.61. The van der Waals surface area contributed by atoms with E-state index in [2.05, 4.69) is 17.2 Å². The van der Waals surface area contributed by atoms with Crippen LogP contribution < -0.4 is 0 Å². The molecule has 1 rings (SSSR count). The zero-order chi connectivity index (χ0) is 19.0. The highest BCUT2D eigenvalue weighted by Gasteiger charge is 2.38. The lowest BCUT2D eigenvalue weighted by molar-refractivity contribution is -0.192. The lowest BCUT2D eigenvalue weighted by atomic mass is 9.88. The van der Waals surface area contributed by atoms with Gasteiger partial charge in [0.25, 0.3) is 0 Å². The first-order valence-corrected chi connectivity index (χ1v) is 7.32. The van der Waals surface area contributed by atoms with Crippen LogP contribution in [0.2, 0.25) is 0 Å². The van der Waals surface area contributed by atoms with Gasteiger partial charge in [-0.3, -0.25) is 9.48 Å². The lowest BCUT2D eigenvalue weighted by Gasteiger charge is -2.18. The van der Waals surface area contributed by atoms with E-state index >= 15 is 0 Å². The molecule has 0 saturated carbocycles. The summed E-state index contributed by atoms with van der Waals surface area (Å²) in [5.41, 5.74) is 0.345. The van der Waals surface area contributed by atoms with E-state index in [9.17, 15) is 18.0 Å². The predicted octanol–water partition coefficient (Wildman–Crippen LogP) is 2.75. The highest BCUT2D eigenvalue weighted by Crippen LogP contribution is 2.22. The summed E-state index contributed by atoms with van der Waals surface area (Å²) in [4.78, 5) is 19.8. The van der Waals surface area contributed by atoms with Crippen molar-refractivity contribution < 1.29 is 33.0 Å². The Morgan fingerprint density at radius 1 is 1.21 bits per heavy atom. The van der Waals surface area contributed by atoms with Crippen LogP contribution in [0.4, 0.5) is 13.2 Å². The molecule has 2 N–H and O–H groups in total. The minimum Gasteiger partial charge on any atom is -0.481 e. The zero-order valence-corrected chi connectivity index (χ0v) is 13.8. The van der Waals surface area contributed by atoms with Crippen molar-refractivity contribution in [3.63, 3.8) is 0 Å². The van der Waals surface area contributed by atoms with Crippen molar-refractivity contribution in [3.05, 3.63) is 11.9 Å². The first kappa shape index (κ1) is 21.9. The lowest BCUT2D eigenvalue weighted by Crippen LogP contribution is -2.23. The molecule has 138 valence electrons. The number of aliphatic carboxylic acids is 2. The van der Waals surface area contributed by atoms with E-state index in [1.54, 1.807) is 18.5 Å². The second-order valence-electron chi connectivity index (χ2n) is 5.82. The summed E-state index contributed by atoms with van der Waals surface area (Å²) in [6.45, 7) is 6.33. The fraction of sp³-hybridized carbons (Fsp3) is 0.714. The summed E-state index contributed by atoms with van der Waals surface area (Å²) in [6.07, 6.45) is 0.308. The highest BCUT2D eigenvalue weighted by atomic mass is 19.4. The van der Waals surface area contributed by atoms with Gasteiger partial charge >= 0.3 is 18.1 Å². The summed E-state index contributed by atoms with van der Waals surface area (Å²) in [6, 6.07) is 0. The topological polar surface area (TPSA) is 105 Å². The Balaban J connectivity index is 0.000000640. The van der Waals surface area contributed by atoms with Crippen molar-refractivity contribution >= 4 is 11.9 Å². The van der Waals surface area contributed by atoms with Gasteiger partial charge < -0.3 is 10.2 Å². The van der Waals surface area contributed by atoms with Crippen LogP contribution in [-0.4, -0.2) is 43.3 Å². The Morgan fingerprint density at radius 2 is 1.75 bits per heavy atom. The van der Waals surface area contributed by atoms with E-state index in [0.29, 0.717) is 6.42 Å². The van der Waals surface area contributed by atoms with Gasteiger partial charge in [0.1, 0.15) is 0 Å². The zero-order valence-electron chi connectivity index (χ0n) is 13.8. The maximum atomic E-state index is 10.9. The molecule has 0 aliphatic heterocycles. The van der Waals surface area contributed by atoms with Gasteiger partial charge in [-0.2, -0.15) is 13.2 Å². The summed E-state index contributed by atoms with van der Waals surface area (Å²) in [5, 5.41) is 24.2. The molecule has 24 heavy (non-hydrogen) atoms. The number of alkyl halides is 3. The van der Waals surface area contributed by atoms with Crippen molar-refractivity contribution in [2.75, 3.05) is 0 Å². The normalized spacial score (nSPS) is 11.6. The Bertz CT molecular complexity index is 542. The maximum Gasteiger partial charge on any atom is 0.490 e. The SMILES string of the molecule is CCCc1cn(CCCC(C)(C)C(=O)O)nn1.O=C(O)C(F)(F)F. The third-order valence-corrected chi connectivity index (χ3v) is 3.10. The maximum absolute atomic E-state index is 10.9. The van der Waals surface area contributed by atoms with E-state index in [4.69, 9.17) is 15.0 Å². The molecule has 0 fully saturated rings. The summed E-state index contributed by atoms with van der Waals surface area (Å²) < 4.78 is 33.5. The van der Waals surface area contributed by atoms with Gasteiger partial charge in [0, 0.05) is 12.7 Å². The van der Waals surface area contributed by atoms with Crippen LogP contribution in [0.3, 0.4) is 0 Å². The number of hydrogen-bond acceptors (Lipinski definition) is 4. The number of carboxylic acids is 2. The minimum absolute atomic E-state index is 0.644. The fourth-order valence-corrected chi connectivity index (χ4v) is 1.61. The first-order valence-electron chi connectivity index (χ1n) is 7.32. The number of halogens is 3. The highest BCUT2D eigenvalue weighted by molar-refractivity contribution is 5.73. The van der Waals surface area contributed by atoms with Gasteiger partial charge in [0.15, 0.2) is 0 Å². The minimum atomic E-state index is -5.08. The van der Waals surface area contributed by atoms with E-state index < -0.39 is 23.5 Å². The molecule has 0 spiro atoms. The molecular formula is C14H22F3N3O4. The second kappa shape index (κ2) is 9.24. The average molecular weight is 353 g/mol. The molecule has 0 amide bonds. The molecule has 1 aromatic heterocycles. The number of carboxylic acid groups (broad SMARTS) is 2. The van der Waals surface area contributed by atoms with Gasteiger partial charge in [-0.05, 0) is 33.1 Å². The van der Waals surface area contributed by atoms with Gasteiger partial charge in [0.05, 0.1) is 11.1 Å². The predicted molar refractivity (Wildman–Crippen MR) is 78.4 cm³/mol. The quantitative estimate of drug-likeness (QED) is 0.781. The molecule has 0 aliphatic rings. The Labute approximate surface area is 137 Å². The number of nitrogens with zero attached hydrogens (tertiary/aromatic N) is 3. The molecule has 0 unspecified atom stereocenters. The summed E-state index contributed by atoms with van der Waals surface area (Å²) >= 11 is 0. The Morgan fingerprint density at radius 3 is 2.17 bits per heavy atom. The largest absolute Gasteiger partial charge is 0.490 e. The standard InChI is InChI=1S/C12H21N3O2.C2HF3O2/c1-4-6-10-9-15(14-13-10)8-5-7-12(2,3)11(16)17;3-2(4,5)1(6)7/h9H,4-8H2,1-3H3,(H,16,17);(H,6,7). The van der Waals surface area contributed by atoms with Crippen LogP contribution in [0.1, 0.15) is 45.7 Å². The third-order valence-electron chi connectivity index (χ3n) is 3.10. The van der Waals surface area contributed by atoms with Gasteiger partial charge in [-0.15, -0.1) is 5.10 Å². The number of aryl methyl sites for hydroxylation is 2. The molecule has 0 atom stereocenters. The molecule has 0 aliphatic carbocycles. The molecule has 10 heteroatoms. The molecule has 0 aromatic carbocycles. The monoisotopic (exact) mass is 353 g/mol. The molecule has 0 bridgehead atoms. The third kappa shape index (κ3) is 8.49. The van der Waals surface area contributed by atoms with E-state index in [-0.39, 0.29) is 0 Å². The van der Waals surface area contributed by atoms with Gasteiger partial charge in [-0.1, -0.05) is 18.6 Å². The van der Waals surface area contributed by atoms with Crippen molar-refractivity contribution in [3.8, 4) is 0 Å². The molecule has 1 heterocycles. The average Bonchev–Trinajstić information content (AvgIpc) is 2.86. The van der Waals surface area contributed by atoms with Gasteiger partial charge in [0.2, 0.25) is 0 Å². The van der Waals surface area contributed by atoms with Crippen LogP contribution in [0.15, 0.2) is 6.20 Å². The molecule has 7 nitrogen and oxygen atoms in total. The molecule has 0 radical (unpaired) electrons. The number of rotatable bonds is 7. The number of hydrogen-bond donors (Lipinski definition) is 2. The molecule has 1 aromatic rings. The van der Waals surface area contributed by atoms with Crippen molar-refractivity contribution in [2.24, 2.45) is 5.41 Å². The molecule has 0 saturated heterocycles. The number of aromatic nitrogens is 3. The van der Waals surface area contributed by atoms with Crippen molar-refractivity contribution in [1.29, 1.82) is 0 Å². The van der Waals surface area contributed by atoms with Crippen molar-refractivity contribution in [2.45, 2.75) is 59.2 Å². The van der Waals surface area contributed by atoms with Crippen LogP contribution in [0, 0.1) is 5.41 Å². The second-order valence-corrected chi connectivity index (χ2v) is 5.82. The summed E-state index contributed by atoms with van der Waals surface area (Å²) in [7, 11) is 0.